The fraction of sp³-hybridized carbons (Fsp3) is 0.538. The van der Waals surface area contributed by atoms with Gasteiger partial charge < -0.3 is 14.6 Å². The highest BCUT2D eigenvalue weighted by molar-refractivity contribution is 5.39. The molecule has 96 valence electrons. The van der Waals surface area contributed by atoms with Crippen LogP contribution in [0.25, 0.3) is 0 Å². The van der Waals surface area contributed by atoms with Crippen LogP contribution >= 0.6 is 0 Å². The van der Waals surface area contributed by atoms with E-state index in [9.17, 15) is 0 Å². The van der Waals surface area contributed by atoms with Crippen molar-refractivity contribution in [2.45, 2.75) is 13.0 Å². The Kier molecular flexibility index (Phi) is 5.25. The van der Waals surface area contributed by atoms with Gasteiger partial charge in [-0.3, -0.25) is 4.90 Å². The summed E-state index contributed by atoms with van der Waals surface area (Å²) in [6.07, 6.45) is 0. The number of ether oxygens (including phenoxy) is 2. The summed E-state index contributed by atoms with van der Waals surface area (Å²) >= 11 is 0. The standard InChI is InChI=1S/C13H21NO3/c1-10(14(2)5-6-15)11-7-12(16-3)9-13(8-11)17-4/h7-10,15H,5-6H2,1-4H3. The third kappa shape index (κ3) is 3.61. The third-order valence-electron chi connectivity index (χ3n) is 2.97. The molecule has 0 heterocycles. The Bertz CT molecular complexity index is 332. The number of hydrogen-bond donors (Lipinski definition) is 1. The molecule has 0 spiro atoms. The van der Waals surface area contributed by atoms with Crippen molar-refractivity contribution in [3.63, 3.8) is 0 Å². The molecule has 1 N–H and O–H groups in total. The molecule has 0 fully saturated rings. The first-order chi connectivity index (χ1) is 8.12. The Hall–Kier alpha value is -1.26. The second-order valence-corrected chi connectivity index (χ2v) is 4.03. The maximum Gasteiger partial charge on any atom is 0.122 e. The zero-order chi connectivity index (χ0) is 12.8. The average Bonchev–Trinajstić information content (AvgIpc) is 2.37. The van der Waals surface area contributed by atoms with Crippen LogP contribution in [0, 0.1) is 0 Å². The quantitative estimate of drug-likeness (QED) is 0.820. The number of hydrogen-bond acceptors (Lipinski definition) is 4. The minimum atomic E-state index is 0.155. The molecule has 4 heteroatoms. The second kappa shape index (κ2) is 6.47. The van der Waals surface area contributed by atoms with Crippen LogP contribution in [0.15, 0.2) is 18.2 Å². The Balaban J connectivity index is 2.95. The van der Waals surface area contributed by atoms with E-state index in [2.05, 4.69) is 11.8 Å². The number of aliphatic hydroxyl groups excluding tert-OH is 1. The monoisotopic (exact) mass is 239 g/mol. The normalized spacial score (nSPS) is 12.6. The molecule has 1 aromatic rings. The lowest BCUT2D eigenvalue weighted by Crippen LogP contribution is -2.25. The summed E-state index contributed by atoms with van der Waals surface area (Å²) < 4.78 is 10.5. The number of nitrogens with zero attached hydrogens (tertiary/aromatic N) is 1. The van der Waals surface area contributed by atoms with Crippen molar-refractivity contribution in [2.75, 3.05) is 34.4 Å². The molecule has 0 amide bonds. The lowest BCUT2D eigenvalue weighted by molar-refractivity contribution is 0.188. The van der Waals surface area contributed by atoms with Gasteiger partial charge in [-0.15, -0.1) is 0 Å². The molecule has 0 aliphatic carbocycles. The summed E-state index contributed by atoms with van der Waals surface area (Å²) in [6.45, 7) is 2.88. The summed E-state index contributed by atoms with van der Waals surface area (Å²) in [7, 11) is 5.26. The fourth-order valence-electron chi connectivity index (χ4n) is 1.68. The minimum absolute atomic E-state index is 0.155. The van der Waals surface area contributed by atoms with Crippen molar-refractivity contribution in [2.24, 2.45) is 0 Å². The van der Waals surface area contributed by atoms with Gasteiger partial charge in [0.1, 0.15) is 11.5 Å². The van der Waals surface area contributed by atoms with E-state index in [1.54, 1.807) is 14.2 Å². The van der Waals surface area contributed by atoms with Gasteiger partial charge in [-0.25, -0.2) is 0 Å². The van der Waals surface area contributed by atoms with Gasteiger partial charge in [-0.2, -0.15) is 0 Å². The molecule has 1 atom stereocenters. The van der Waals surface area contributed by atoms with Crippen LogP contribution in [-0.2, 0) is 0 Å². The molecule has 1 unspecified atom stereocenters. The molecule has 0 saturated heterocycles. The van der Waals surface area contributed by atoms with Crippen molar-refractivity contribution >= 4 is 0 Å². The first-order valence-corrected chi connectivity index (χ1v) is 5.66. The van der Waals surface area contributed by atoms with Gasteiger partial charge in [0.15, 0.2) is 0 Å². The molecule has 17 heavy (non-hydrogen) atoms. The smallest absolute Gasteiger partial charge is 0.122 e. The Morgan fingerprint density at radius 2 is 1.71 bits per heavy atom. The zero-order valence-electron chi connectivity index (χ0n) is 10.9. The summed E-state index contributed by atoms with van der Waals surface area (Å²) in [5.74, 6) is 1.56. The van der Waals surface area contributed by atoms with Crippen LogP contribution in [-0.4, -0.2) is 44.4 Å². The third-order valence-corrected chi connectivity index (χ3v) is 2.97. The largest absolute Gasteiger partial charge is 0.497 e. The highest BCUT2D eigenvalue weighted by atomic mass is 16.5. The van der Waals surface area contributed by atoms with Gasteiger partial charge in [-0.1, -0.05) is 0 Å². The Morgan fingerprint density at radius 3 is 2.12 bits per heavy atom. The van der Waals surface area contributed by atoms with Gasteiger partial charge in [0.25, 0.3) is 0 Å². The lowest BCUT2D eigenvalue weighted by Gasteiger charge is -2.24. The van der Waals surface area contributed by atoms with Crippen LogP contribution < -0.4 is 9.47 Å². The molecular formula is C13H21NO3. The average molecular weight is 239 g/mol. The van der Waals surface area contributed by atoms with E-state index in [1.807, 2.05) is 25.2 Å². The molecule has 0 aromatic heterocycles. The van der Waals surface area contributed by atoms with E-state index >= 15 is 0 Å². The molecule has 0 saturated carbocycles. The van der Waals surface area contributed by atoms with Crippen molar-refractivity contribution < 1.29 is 14.6 Å². The predicted molar refractivity (Wildman–Crippen MR) is 67.7 cm³/mol. The molecule has 0 aliphatic rings. The van der Waals surface area contributed by atoms with Crippen molar-refractivity contribution in [3.8, 4) is 11.5 Å². The van der Waals surface area contributed by atoms with E-state index < -0.39 is 0 Å². The summed E-state index contributed by atoms with van der Waals surface area (Å²) in [5.41, 5.74) is 1.11. The molecule has 1 aromatic carbocycles. The zero-order valence-corrected chi connectivity index (χ0v) is 10.9. The van der Waals surface area contributed by atoms with Gasteiger partial charge >= 0.3 is 0 Å². The van der Waals surface area contributed by atoms with Crippen LogP contribution in [0.1, 0.15) is 18.5 Å². The van der Waals surface area contributed by atoms with Crippen molar-refractivity contribution in [1.29, 1.82) is 0 Å². The number of likely N-dealkylation sites (N-methyl/N-ethyl adjacent to an activating group) is 1. The number of methoxy groups -OCH3 is 2. The number of rotatable bonds is 6. The van der Waals surface area contributed by atoms with Gasteiger partial charge in [0.2, 0.25) is 0 Å². The van der Waals surface area contributed by atoms with E-state index in [-0.39, 0.29) is 12.6 Å². The summed E-state index contributed by atoms with van der Waals surface area (Å²) in [6, 6.07) is 6.02. The number of aliphatic hydroxyl groups is 1. The van der Waals surface area contributed by atoms with Gasteiger partial charge in [-0.05, 0) is 31.7 Å². The summed E-state index contributed by atoms with van der Waals surface area (Å²) in [4.78, 5) is 2.08. The molecule has 0 bridgehead atoms. The van der Waals surface area contributed by atoms with Crippen LogP contribution in [0.4, 0.5) is 0 Å². The van der Waals surface area contributed by atoms with Crippen molar-refractivity contribution in [1.82, 2.24) is 4.90 Å². The highest BCUT2D eigenvalue weighted by Crippen LogP contribution is 2.28. The second-order valence-electron chi connectivity index (χ2n) is 4.03. The lowest BCUT2D eigenvalue weighted by atomic mass is 10.1. The van der Waals surface area contributed by atoms with E-state index in [0.717, 1.165) is 17.1 Å². The highest BCUT2D eigenvalue weighted by Gasteiger charge is 2.13. The van der Waals surface area contributed by atoms with Crippen LogP contribution in [0.3, 0.4) is 0 Å². The topological polar surface area (TPSA) is 41.9 Å². The van der Waals surface area contributed by atoms with E-state index in [4.69, 9.17) is 14.6 Å². The molecule has 1 rings (SSSR count). The van der Waals surface area contributed by atoms with Crippen LogP contribution in [0.5, 0.6) is 11.5 Å². The molecule has 4 nitrogen and oxygen atoms in total. The Labute approximate surface area is 103 Å². The fourth-order valence-corrected chi connectivity index (χ4v) is 1.68. The van der Waals surface area contributed by atoms with E-state index in [0.29, 0.717) is 6.54 Å². The van der Waals surface area contributed by atoms with Crippen molar-refractivity contribution in [3.05, 3.63) is 23.8 Å². The Morgan fingerprint density at radius 1 is 1.18 bits per heavy atom. The summed E-state index contributed by atoms with van der Waals surface area (Å²) in [5, 5.41) is 8.94. The van der Waals surface area contributed by atoms with E-state index in [1.165, 1.54) is 0 Å². The first kappa shape index (κ1) is 13.8. The number of benzene rings is 1. The SMILES string of the molecule is COc1cc(OC)cc(C(C)N(C)CCO)c1. The van der Waals surface area contributed by atoms with Gasteiger partial charge in [0.05, 0.1) is 20.8 Å². The molecular weight excluding hydrogens is 218 g/mol. The van der Waals surface area contributed by atoms with Crippen LogP contribution in [0.2, 0.25) is 0 Å². The first-order valence-electron chi connectivity index (χ1n) is 5.66. The molecule has 0 radical (unpaired) electrons. The molecule has 0 aliphatic heterocycles. The maximum atomic E-state index is 8.94. The predicted octanol–water partition coefficient (Wildman–Crippen LogP) is 1.69. The maximum absolute atomic E-state index is 8.94. The van der Waals surface area contributed by atoms with Gasteiger partial charge in [0, 0.05) is 18.7 Å². The minimum Gasteiger partial charge on any atom is -0.497 e.